The highest BCUT2D eigenvalue weighted by Gasteiger charge is 2.48. The molecule has 0 saturated carbocycles. The molecule has 0 aliphatic carbocycles. The number of fused-ring (bicyclic) bond motifs is 12. The minimum Gasteiger partial charge on any atom is -0.458 e. The number of para-hydroxylation sites is 7. The molecule has 0 fully saturated rings. The number of nitrogens with zero attached hydrogens (tertiary/aromatic N) is 3. The monoisotopic (exact) mass is 971 g/mol. The molecule has 4 aliphatic heterocycles. The van der Waals surface area contributed by atoms with Crippen molar-refractivity contribution in [2.45, 2.75) is 0 Å². The molecule has 0 aromatic heterocycles. The molecule has 0 spiro atoms. The Hall–Kier alpha value is -9.91. The Morgan fingerprint density at radius 2 is 0.737 bits per heavy atom. The fourth-order valence-corrected chi connectivity index (χ4v) is 12.6. The van der Waals surface area contributed by atoms with Crippen molar-refractivity contribution in [2.75, 3.05) is 14.7 Å². The smallest absolute Gasteiger partial charge is 0.256 e. The summed E-state index contributed by atoms with van der Waals surface area (Å²) in [7, 11) is 0. The molecule has 0 N–H and O–H groups in total. The van der Waals surface area contributed by atoms with Crippen LogP contribution >= 0.6 is 0 Å². The number of ether oxygens (including phenoxy) is 3. The molecule has 76 heavy (non-hydrogen) atoms. The standard InChI is InChI=1S/C68H43B2N3O3/c1-6-20-46(21-7-1)71-61-43-63-58(70-56-31-17-19-33-60(56)73(48-24-10-3-11-25-48)68-54-37-35-52(75-50-28-14-5-15-29-50)39-45(54)41-64(76-63)66(68)70)42-57(61)69-55-30-16-18-32-59(55)72(47-22-8-2-9-23-47)67-53-36-34-51(74-49-26-12-4-13-27-49)38-44(53)40-62(71)65(67)69/h1-43H. The van der Waals surface area contributed by atoms with Crippen molar-refractivity contribution in [3.63, 3.8) is 0 Å². The molecule has 6 nitrogen and oxygen atoms in total. The van der Waals surface area contributed by atoms with E-state index in [0.717, 1.165) is 118 Å². The van der Waals surface area contributed by atoms with Crippen LogP contribution in [-0.2, 0) is 0 Å². The first-order valence-electron chi connectivity index (χ1n) is 26.0. The minimum atomic E-state index is -0.148. The molecule has 4 aliphatic rings. The van der Waals surface area contributed by atoms with Crippen molar-refractivity contribution in [1.29, 1.82) is 0 Å². The maximum Gasteiger partial charge on any atom is 0.256 e. The van der Waals surface area contributed by atoms with E-state index >= 15 is 0 Å². The van der Waals surface area contributed by atoms with Crippen molar-refractivity contribution >= 4 is 119 Å². The van der Waals surface area contributed by atoms with Gasteiger partial charge < -0.3 is 28.9 Å². The summed E-state index contributed by atoms with van der Waals surface area (Å²) >= 11 is 0. The predicted octanol–water partition coefficient (Wildman–Crippen LogP) is 14.1. The summed E-state index contributed by atoms with van der Waals surface area (Å²) < 4.78 is 20.6. The maximum atomic E-state index is 7.50. The molecule has 0 unspecified atom stereocenters. The lowest BCUT2D eigenvalue weighted by atomic mass is 9.30. The third-order valence-electron chi connectivity index (χ3n) is 15.7. The van der Waals surface area contributed by atoms with Gasteiger partial charge in [-0.25, -0.2) is 0 Å². The van der Waals surface area contributed by atoms with E-state index in [-0.39, 0.29) is 13.4 Å². The molecule has 354 valence electrons. The summed E-state index contributed by atoms with van der Waals surface area (Å²) in [6, 6.07) is 92.8. The van der Waals surface area contributed by atoms with Crippen LogP contribution < -0.4 is 61.7 Å². The van der Waals surface area contributed by atoms with Crippen molar-refractivity contribution in [2.24, 2.45) is 0 Å². The van der Waals surface area contributed by atoms with Crippen LogP contribution in [0.15, 0.2) is 261 Å². The molecule has 0 atom stereocenters. The van der Waals surface area contributed by atoms with Crippen molar-refractivity contribution in [3.05, 3.63) is 261 Å². The van der Waals surface area contributed by atoms with Crippen molar-refractivity contribution in [3.8, 4) is 34.5 Å². The fourth-order valence-electron chi connectivity index (χ4n) is 12.6. The largest absolute Gasteiger partial charge is 0.458 e. The van der Waals surface area contributed by atoms with E-state index < -0.39 is 0 Å². The van der Waals surface area contributed by atoms with E-state index in [4.69, 9.17) is 14.2 Å². The lowest BCUT2D eigenvalue weighted by molar-refractivity contribution is 0.483. The van der Waals surface area contributed by atoms with Crippen LogP contribution in [0.5, 0.6) is 34.5 Å². The van der Waals surface area contributed by atoms with Crippen LogP contribution in [0.4, 0.5) is 51.2 Å². The molecular weight excluding hydrogens is 928 g/mol. The molecule has 16 rings (SSSR count). The second kappa shape index (κ2) is 16.8. The van der Waals surface area contributed by atoms with Gasteiger partial charge in [0.1, 0.15) is 34.5 Å². The van der Waals surface area contributed by atoms with E-state index in [9.17, 15) is 0 Å². The third-order valence-corrected chi connectivity index (χ3v) is 15.7. The number of benzene rings is 12. The van der Waals surface area contributed by atoms with E-state index in [0.29, 0.717) is 0 Å². The van der Waals surface area contributed by atoms with Crippen LogP contribution in [0.25, 0.3) is 21.5 Å². The average Bonchev–Trinajstić information content (AvgIpc) is 3.50. The molecule has 12 aromatic rings. The Labute approximate surface area is 441 Å². The first kappa shape index (κ1) is 42.6. The number of anilines is 9. The zero-order valence-electron chi connectivity index (χ0n) is 41.0. The maximum absolute atomic E-state index is 7.50. The number of rotatable bonds is 7. The van der Waals surface area contributed by atoms with Gasteiger partial charge in [-0.1, -0.05) is 133 Å². The Kier molecular flexibility index (Phi) is 9.42. The van der Waals surface area contributed by atoms with E-state index in [2.05, 4.69) is 215 Å². The van der Waals surface area contributed by atoms with Crippen LogP contribution in [0.1, 0.15) is 0 Å². The van der Waals surface area contributed by atoms with Gasteiger partial charge in [0.05, 0.1) is 11.4 Å². The Bertz CT molecular complexity index is 4300. The van der Waals surface area contributed by atoms with E-state index in [1.54, 1.807) is 0 Å². The van der Waals surface area contributed by atoms with Crippen LogP contribution in [0, 0.1) is 0 Å². The molecule has 0 bridgehead atoms. The number of hydrogen-bond donors (Lipinski definition) is 0. The van der Waals surface area contributed by atoms with Gasteiger partial charge in [-0.2, -0.15) is 0 Å². The Morgan fingerprint density at radius 1 is 0.289 bits per heavy atom. The number of hydrogen-bond acceptors (Lipinski definition) is 6. The quantitative estimate of drug-likeness (QED) is 0.148. The first-order chi connectivity index (χ1) is 37.7. The Balaban J connectivity index is 0.971. The third kappa shape index (κ3) is 6.50. The van der Waals surface area contributed by atoms with Gasteiger partial charge >= 0.3 is 0 Å². The summed E-state index contributed by atoms with van der Waals surface area (Å²) in [4.78, 5) is 7.39. The van der Waals surface area contributed by atoms with Crippen LogP contribution in [0.3, 0.4) is 0 Å². The van der Waals surface area contributed by atoms with Crippen molar-refractivity contribution < 1.29 is 14.2 Å². The van der Waals surface area contributed by atoms with Gasteiger partial charge in [0.15, 0.2) is 0 Å². The topological polar surface area (TPSA) is 37.4 Å². The Morgan fingerprint density at radius 3 is 1.28 bits per heavy atom. The van der Waals surface area contributed by atoms with Crippen LogP contribution in [-0.4, -0.2) is 13.4 Å². The lowest BCUT2D eigenvalue weighted by Crippen LogP contribution is -2.64. The minimum absolute atomic E-state index is 0.133. The first-order valence-corrected chi connectivity index (χ1v) is 26.0. The summed E-state index contributed by atoms with van der Waals surface area (Å²) in [5.41, 5.74) is 17.2. The predicted molar refractivity (Wildman–Crippen MR) is 314 cm³/mol. The van der Waals surface area contributed by atoms with Gasteiger partial charge in [-0.05, 0) is 165 Å². The highest BCUT2D eigenvalue weighted by atomic mass is 16.5. The van der Waals surface area contributed by atoms with E-state index in [1.165, 1.54) is 21.9 Å². The van der Waals surface area contributed by atoms with E-state index in [1.807, 2.05) is 60.7 Å². The summed E-state index contributed by atoms with van der Waals surface area (Å²) in [6.45, 7) is -0.281. The van der Waals surface area contributed by atoms with Gasteiger partial charge in [-0.3, -0.25) is 0 Å². The van der Waals surface area contributed by atoms with Crippen LogP contribution in [0.2, 0.25) is 0 Å². The zero-order valence-corrected chi connectivity index (χ0v) is 41.0. The molecule has 0 amide bonds. The molecule has 12 aromatic carbocycles. The molecule has 0 saturated heterocycles. The fraction of sp³-hybridized carbons (Fsp3) is 0. The second-order valence-corrected chi connectivity index (χ2v) is 19.9. The molecule has 8 heteroatoms. The SMILES string of the molecule is c1ccc(Oc2ccc3c4c5c(cc3c2)Oc2cc3c(cc2B5c2ccccc2N4c2ccccc2)B2c4ccccc4N(c4ccccc4)c4c2c(cc2cc(Oc5ccccc5)ccc42)N3c2ccccc2)cc1. The van der Waals surface area contributed by atoms with Gasteiger partial charge in [0.2, 0.25) is 0 Å². The summed E-state index contributed by atoms with van der Waals surface area (Å²) in [5, 5.41) is 4.36. The van der Waals surface area contributed by atoms with Gasteiger partial charge in [0.25, 0.3) is 13.4 Å². The highest BCUT2D eigenvalue weighted by Crippen LogP contribution is 2.50. The average molecular weight is 972 g/mol. The van der Waals surface area contributed by atoms with Gasteiger partial charge in [-0.15, -0.1) is 0 Å². The highest BCUT2D eigenvalue weighted by molar-refractivity contribution is 7.03. The molecule has 0 radical (unpaired) electrons. The lowest BCUT2D eigenvalue weighted by Gasteiger charge is -2.46. The van der Waals surface area contributed by atoms with Crippen molar-refractivity contribution in [1.82, 2.24) is 0 Å². The van der Waals surface area contributed by atoms with Gasteiger partial charge in [0, 0.05) is 56.7 Å². The summed E-state index contributed by atoms with van der Waals surface area (Å²) in [6.07, 6.45) is 0. The molecule has 4 heterocycles. The second-order valence-electron chi connectivity index (χ2n) is 19.9. The molecular formula is C68H43B2N3O3. The summed E-state index contributed by atoms with van der Waals surface area (Å²) in [5.74, 6) is 4.78. The zero-order chi connectivity index (χ0) is 49.8. The normalized spacial score (nSPS) is 13.2.